The van der Waals surface area contributed by atoms with Crippen LogP contribution >= 0.6 is 0 Å². The lowest BCUT2D eigenvalue weighted by molar-refractivity contribution is -0.131. The lowest BCUT2D eigenvalue weighted by Crippen LogP contribution is -2.50. The van der Waals surface area contributed by atoms with Gasteiger partial charge in [0.1, 0.15) is 0 Å². The maximum atomic E-state index is 12.6. The molecule has 7 nitrogen and oxygen atoms in total. The van der Waals surface area contributed by atoms with Crippen LogP contribution in [0, 0.1) is 0 Å². The summed E-state index contributed by atoms with van der Waals surface area (Å²) < 4.78 is 10.4. The van der Waals surface area contributed by atoms with Crippen LogP contribution in [0.3, 0.4) is 0 Å². The first-order chi connectivity index (χ1) is 15.4. The molecule has 0 radical (unpaired) electrons. The molecule has 2 amide bonds. The number of carbonyl (C=O) groups is 2. The van der Waals surface area contributed by atoms with Crippen LogP contribution in [-0.4, -0.2) is 68.6 Å². The first kappa shape index (κ1) is 23.6. The van der Waals surface area contributed by atoms with Crippen LogP contribution < -0.4 is 14.8 Å². The number of methoxy groups -OCH3 is 2. The Morgan fingerprint density at radius 3 is 2.19 bits per heavy atom. The number of nitrogens with one attached hydrogen (secondary N) is 1. The van der Waals surface area contributed by atoms with Crippen LogP contribution in [0.5, 0.6) is 11.5 Å². The van der Waals surface area contributed by atoms with Crippen LogP contribution in [0.1, 0.15) is 41.3 Å². The zero-order valence-electron chi connectivity index (χ0n) is 19.4. The van der Waals surface area contributed by atoms with Crippen molar-refractivity contribution in [2.75, 3.05) is 46.9 Å². The number of nitrogens with zero attached hydrogens (tertiary/aromatic N) is 2. The van der Waals surface area contributed by atoms with E-state index >= 15 is 0 Å². The minimum absolute atomic E-state index is 0.0240. The average Bonchev–Trinajstić information content (AvgIpc) is 2.82. The standard InChI is InChI=1S/C25H33N3O4/c1-18(2)20-7-5-19(6-8-20)17-27-11-13-28(14-12-27)24(29)16-26-25(30)21-9-10-22(31-3)23(15-21)32-4/h5-10,15,18H,11-14,16-17H2,1-4H3,(H,26,30). The number of rotatable bonds is 8. The Bertz CT molecular complexity index is 919. The third-order valence-corrected chi connectivity index (χ3v) is 5.82. The van der Waals surface area contributed by atoms with Gasteiger partial charge in [0, 0.05) is 38.3 Å². The molecule has 1 saturated heterocycles. The number of benzene rings is 2. The summed E-state index contributed by atoms with van der Waals surface area (Å²) in [6, 6.07) is 13.7. The number of amides is 2. The summed E-state index contributed by atoms with van der Waals surface area (Å²) in [4.78, 5) is 29.2. The van der Waals surface area contributed by atoms with Crippen molar-refractivity contribution in [1.82, 2.24) is 15.1 Å². The van der Waals surface area contributed by atoms with Crippen molar-refractivity contribution in [2.24, 2.45) is 0 Å². The Kier molecular flexibility index (Phi) is 8.11. The smallest absolute Gasteiger partial charge is 0.251 e. The van der Waals surface area contributed by atoms with E-state index in [4.69, 9.17) is 9.47 Å². The molecule has 2 aromatic carbocycles. The number of carbonyl (C=O) groups excluding carboxylic acids is 2. The molecule has 1 aliphatic heterocycles. The molecule has 1 N–H and O–H groups in total. The van der Waals surface area contributed by atoms with Gasteiger partial charge in [0.15, 0.2) is 11.5 Å². The van der Waals surface area contributed by atoms with Gasteiger partial charge >= 0.3 is 0 Å². The van der Waals surface area contributed by atoms with Gasteiger partial charge in [0.25, 0.3) is 5.91 Å². The van der Waals surface area contributed by atoms with Gasteiger partial charge in [0.05, 0.1) is 20.8 Å². The van der Waals surface area contributed by atoms with Gasteiger partial charge in [-0.3, -0.25) is 14.5 Å². The Hall–Kier alpha value is -3.06. The van der Waals surface area contributed by atoms with Gasteiger partial charge in [-0.1, -0.05) is 38.1 Å². The van der Waals surface area contributed by atoms with Crippen LogP contribution in [0.15, 0.2) is 42.5 Å². The van der Waals surface area contributed by atoms with Gasteiger partial charge < -0.3 is 19.7 Å². The highest BCUT2D eigenvalue weighted by atomic mass is 16.5. The third kappa shape index (κ3) is 6.01. The van der Waals surface area contributed by atoms with Crippen molar-refractivity contribution in [3.8, 4) is 11.5 Å². The monoisotopic (exact) mass is 439 g/mol. The highest BCUT2D eigenvalue weighted by Gasteiger charge is 2.22. The summed E-state index contributed by atoms with van der Waals surface area (Å²) in [7, 11) is 3.06. The van der Waals surface area contributed by atoms with Crippen LogP contribution in [0.2, 0.25) is 0 Å². The molecule has 2 aromatic rings. The lowest BCUT2D eigenvalue weighted by Gasteiger charge is -2.34. The van der Waals surface area contributed by atoms with Crippen molar-refractivity contribution in [1.29, 1.82) is 0 Å². The molecular formula is C25H33N3O4. The number of hydrogen-bond acceptors (Lipinski definition) is 5. The van der Waals surface area contributed by atoms with Gasteiger partial charge in [-0.05, 0) is 35.2 Å². The summed E-state index contributed by atoms with van der Waals surface area (Å²) in [5.41, 5.74) is 3.06. The zero-order chi connectivity index (χ0) is 23.1. The van der Waals surface area contributed by atoms with Crippen molar-refractivity contribution in [3.05, 3.63) is 59.2 Å². The lowest BCUT2D eigenvalue weighted by atomic mass is 10.0. The highest BCUT2D eigenvalue weighted by Crippen LogP contribution is 2.27. The van der Waals surface area contributed by atoms with E-state index in [9.17, 15) is 9.59 Å². The van der Waals surface area contributed by atoms with E-state index < -0.39 is 0 Å². The van der Waals surface area contributed by atoms with Gasteiger partial charge in [-0.25, -0.2) is 0 Å². The predicted molar refractivity (Wildman–Crippen MR) is 124 cm³/mol. The Balaban J connectivity index is 1.44. The summed E-state index contributed by atoms with van der Waals surface area (Å²) in [5, 5.41) is 2.71. The fourth-order valence-corrected chi connectivity index (χ4v) is 3.77. The maximum absolute atomic E-state index is 12.6. The highest BCUT2D eigenvalue weighted by molar-refractivity contribution is 5.97. The molecule has 1 fully saturated rings. The molecule has 0 aromatic heterocycles. The normalized spacial score (nSPS) is 14.3. The first-order valence-electron chi connectivity index (χ1n) is 11.0. The molecule has 1 heterocycles. The first-order valence-corrected chi connectivity index (χ1v) is 11.0. The van der Waals surface area contributed by atoms with Crippen LogP contribution in [-0.2, 0) is 11.3 Å². The summed E-state index contributed by atoms with van der Waals surface area (Å²) in [5.74, 6) is 1.17. The van der Waals surface area contributed by atoms with Gasteiger partial charge in [-0.2, -0.15) is 0 Å². The molecule has 0 unspecified atom stereocenters. The van der Waals surface area contributed by atoms with Crippen LogP contribution in [0.4, 0.5) is 0 Å². The van der Waals surface area contributed by atoms with Crippen molar-refractivity contribution in [2.45, 2.75) is 26.3 Å². The van der Waals surface area contributed by atoms with E-state index in [1.54, 1.807) is 25.3 Å². The fourth-order valence-electron chi connectivity index (χ4n) is 3.77. The second kappa shape index (κ2) is 11.0. The maximum Gasteiger partial charge on any atom is 0.251 e. The minimum atomic E-state index is -0.317. The summed E-state index contributed by atoms with van der Waals surface area (Å²) >= 11 is 0. The van der Waals surface area contributed by atoms with Crippen molar-refractivity contribution >= 4 is 11.8 Å². The topological polar surface area (TPSA) is 71.1 Å². The molecule has 0 bridgehead atoms. The van der Waals surface area contributed by atoms with Gasteiger partial charge in [0.2, 0.25) is 5.91 Å². The van der Waals surface area contributed by atoms with Crippen LogP contribution in [0.25, 0.3) is 0 Å². The second-order valence-corrected chi connectivity index (χ2v) is 8.31. The zero-order valence-corrected chi connectivity index (χ0v) is 19.4. The molecule has 7 heteroatoms. The molecular weight excluding hydrogens is 406 g/mol. The minimum Gasteiger partial charge on any atom is -0.493 e. The Morgan fingerprint density at radius 1 is 0.938 bits per heavy atom. The summed E-state index contributed by atoms with van der Waals surface area (Å²) in [6.07, 6.45) is 0. The van der Waals surface area contributed by atoms with Gasteiger partial charge in [-0.15, -0.1) is 0 Å². The van der Waals surface area contributed by atoms with Crippen molar-refractivity contribution < 1.29 is 19.1 Å². The molecule has 0 aliphatic carbocycles. The van der Waals surface area contributed by atoms with E-state index in [0.717, 1.165) is 19.6 Å². The van der Waals surface area contributed by atoms with E-state index in [1.807, 2.05) is 4.90 Å². The molecule has 0 spiro atoms. The number of piperazine rings is 1. The summed E-state index contributed by atoms with van der Waals surface area (Å²) in [6.45, 7) is 8.22. The molecule has 3 rings (SSSR count). The number of hydrogen-bond donors (Lipinski definition) is 1. The van der Waals surface area contributed by atoms with E-state index in [1.165, 1.54) is 18.2 Å². The largest absolute Gasteiger partial charge is 0.493 e. The third-order valence-electron chi connectivity index (χ3n) is 5.82. The second-order valence-electron chi connectivity index (χ2n) is 8.31. The molecule has 1 aliphatic rings. The predicted octanol–water partition coefficient (Wildman–Crippen LogP) is 2.90. The molecule has 32 heavy (non-hydrogen) atoms. The SMILES string of the molecule is COc1ccc(C(=O)NCC(=O)N2CCN(Cc3ccc(C(C)C)cc3)CC2)cc1OC. The van der Waals surface area contributed by atoms with E-state index in [2.05, 4.69) is 48.3 Å². The molecule has 0 saturated carbocycles. The van der Waals surface area contributed by atoms with E-state index in [0.29, 0.717) is 36.1 Å². The van der Waals surface area contributed by atoms with E-state index in [-0.39, 0.29) is 18.4 Å². The fraction of sp³-hybridized carbons (Fsp3) is 0.440. The average molecular weight is 440 g/mol. The molecule has 172 valence electrons. The number of ether oxygens (including phenoxy) is 2. The quantitative estimate of drug-likeness (QED) is 0.685. The van der Waals surface area contributed by atoms with Crippen molar-refractivity contribution in [3.63, 3.8) is 0 Å². The Morgan fingerprint density at radius 2 is 1.59 bits per heavy atom. The Labute approximate surface area is 190 Å². The molecule has 0 atom stereocenters.